The molecule has 0 aliphatic heterocycles. The molecule has 0 saturated heterocycles. The van der Waals surface area contributed by atoms with Crippen molar-refractivity contribution < 1.29 is 14.3 Å². The molecule has 0 radical (unpaired) electrons. The molecule has 0 aliphatic rings. The predicted molar refractivity (Wildman–Crippen MR) is 66.1 cm³/mol. The molecule has 1 rings (SSSR count). The van der Waals surface area contributed by atoms with Crippen molar-refractivity contribution in [1.82, 2.24) is 0 Å². The van der Waals surface area contributed by atoms with Gasteiger partial charge in [0.15, 0.2) is 0 Å². The van der Waals surface area contributed by atoms with Gasteiger partial charge >= 0.3 is 11.9 Å². The van der Waals surface area contributed by atoms with E-state index in [2.05, 4.69) is 0 Å². The summed E-state index contributed by atoms with van der Waals surface area (Å²) in [5.74, 6) is -1.07. The summed E-state index contributed by atoms with van der Waals surface area (Å²) < 4.78 is 4.76. The SMILES string of the molecule is CCCC(=O)OC(=O)c1ccccc1N(C)C. The summed E-state index contributed by atoms with van der Waals surface area (Å²) in [4.78, 5) is 24.8. The van der Waals surface area contributed by atoms with Gasteiger partial charge < -0.3 is 9.64 Å². The van der Waals surface area contributed by atoms with Crippen LogP contribution in [0.1, 0.15) is 30.1 Å². The fourth-order valence-corrected chi connectivity index (χ4v) is 1.45. The van der Waals surface area contributed by atoms with E-state index in [1.165, 1.54) is 0 Å². The Bertz CT molecular complexity index is 413. The van der Waals surface area contributed by atoms with Gasteiger partial charge in [0.25, 0.3) is 0 Å². The van der Waals surface area contributed by atoms with E-state index in [4.69, 9.17) is 4.74 Å². The standard InChI is InChI=1S/C13H17NO3/c1-4-7-12(15)17-13(16)10-8-5-6-9-11(10)14(2)3/h5-6,8-9H,4,7H2,1-3H3. The molecule has 0 spiro atoms. The lowest BCUT2D eigenvalue weighted by molar-refractivity contribution is -0.137. The Hall–Kier alpha value is -1.84. The van der Waals surface area contributed by atoms with Crippen molar-refractivity contribution in [2.45, 2.75) is 19.8 Å². The second-order valence-electron chi connectivity index (χ2n) is 3.92. The smallest absolute Gasteiger partial charge is 0.347 e. The molecule has 0 aliphatic carbocycles. The predicted octanol–water partition coefficient (Wildman–Crippen LogP) is 2.24. The normalized spacial score (nSPS) is 9.82. The molecule has 0 aromatic heterocycles. The summed E-state index contributed by atoms with van der Waals surface area (Å²) in [6, 6.07) is 7.03. The summed E-state index contributed by atoms with van der Waals surface area (Å²) in [6.45, 7) is 1.86. The third-order valence-corrected chi connectivity index (χ3v) is 2.27. The number of benzene rings is 1. The maximum absolute atomic E-state index is 11.8. The van der Waals surface area contributed by atoms with E-state index in [0.717, 1.165) is 5.69 Å². The highest BCUT2D eigenvalue weighted by Crippen LogP contribution is 2.18. The molecule has 0 saturated carbocycles. The molecule has 17 heavy (non-hydrogen) atoms. The largest absolute Gasteiger partial charge is 0.389 e. The van der Waals surface area contributed by atoms with E-state index in [1.807, 2.05) is 27.1 Å². The van der Waals surface area contributed by atoms with E-state index in [-0.39, 0.29) is 6.42 Å². The second kappa shape index (κ2) is 6.03. The van der Waals surface area contributed by atoms with Gasteiger partial charge in [-0.05, 0) is 18.6 Å². The van der Waals surface area contributed by atoms with Gasteiger partial charge in [0, 0.05) is 20.5 Å². The minimum Gasteiger partial charge on any atom is -0.389 e. The molecule has 1 aromatic rings. The Morgan fingerprint density at radius 1 is 1.24 bits per heavy atom. The first-order valence-corrected chi connectivity index (χ1v) is 5.57. The van der Waals surface area contributed by atoms with Crippen LogP contribution in [-0.2, 0) is 9.53 Å². The van der Waals surface area contributed by atoms with Crippen LogP contribution in [0, 0.1) is 0 Å². The number of carbonyl (C=O) groups is 2. The number of esters is 2. The van der Waals surface area contributed by atoms with E-state index in [1.54, 1.807) is 23.1 Å². The lowest BCUT2D eigenvalue weighted by Gasteiger charge is -2.15. The van der Waals surface area contributed by atoms with E-state index in [9.17, 15) is 9.59 Å². The molecule has 1 aromatic carbocycles. The maximum Gasteiger partial charge on any atom is 0.347 e. The summed E-state index contributed by atoms with van der Waals surface area (Å²) in [5, 5.41) is 0. The van der Waals surface area contributed by atoms with Crippen molar-refractivity contribution in [3.8, 4) is 0 Å². The number of rotatable bonds is 4. The first-order chi connectivity index (χ1) is 8.06. The lowest BCUT2D eigenvalue weighted by Crippen LogP contribution is -2.17. The van der Waals surface area contributed by atoms with Gasteiger partial charge in [-0.3, -0.25) is 4.79 Å². The first-order valence-electron chi connectivity index (χ1n) is 5.57. The van der Waals surface area contributed by atoms with Gasteiger partial charge in [-0.15, -0.1) is 0 Å². The highest BCUT2D eigenvalue weighted by Gasteiger charge is 2.16. The van der Waals surface area contributed by atoms with E-state index < -0.39 is 11.9 Å². The van der Waals surface area contributed by atoms with Crippen LogP contribution in [0.5, 0.6) is 0 Å². The van der Waals surface area contributed by atoms with Crippen LogP contribution >= 0.6 is 0 Å². The Morgan fingerprint density at radius 3 is 2.47 bits per heavy atom. The van der Waals surface area contributed by atoms with Crippen molar-refractivity contribution in [1.29, 1.82) is 0 Å². The second-order valence-corrected chi connectivity index (χ2v) is 3.92. The molecule has 0 heterocycles. The number of anilines is 1. The zero-order chi connectivity index (χ0) is 12.8. The molecule has 0 unspecified atom stereocenters. The molecule has 0 atom stereocenters. The number of para-hydroxylation sites is 1. The van der Waals surface area contributed by atoms with E-state index in [0.29, 0.717) is 12.0 Å². The van der Waals surface area contributed by atoms with Crippen LogP contribution in [0.2, 0.25) is 0 Å². The van der Waals surface area contributed by atoms with Crippen molar-refractivity contribution in [2.75, 3.05) is 19.0 Å². The minimum atomic E-state index is -0.590. The van der Waals surface area contributed by atoms with Gasteiger partial charge in [0.05, 0.1) is 11.3 Å². The maximum atomic E-state index is 11.8. The Kier molecular flexibility index (Phi) is 4.69. The third kappa shape index (κ3) is 3.59. The summed E-state index contributed by atoms with van der Waals surface area (Å²) >= 11 is 0. The Morgan fingerprint density at radius 2 is 1.88 bits per heavy atom. The van der Waals surface area contributed by atoms with Gasteiger partial charge in [-0.1, -0.05) is 19.1 Å². The first kappa shape index (κ1) is 13.2. The highest BCUT2D eigenvalue weighted by molar-refractivity contribution is 6.01. The summed E-state index contributed by atoms with van der Waals surface area (Å²) in [5.41, 5.74) is 1.14. The van der Waals surface area contributed by atoms with Crippen molar-refractivity contribution in [2.24, 2.45) is 0 Å². The molecule has 0 bridgehead atoms. The monoisotopic (exact) mass is 235 g/mol. The molecule has 0 N–H and O–H groups in total. The fourth-order valence-electron chi connectivity index (χ4n) is 1.45. The van der Waals surface area contributed by atoms with Gasteiger partial charge in [0.2, 0.25) is 0 Å². The average Bonchev–Trinajstić information content (AvgIpc) is 2.29. The van der Waals surface area contributed by atoms with Crippen molar-refractivity contribution in [3.05, 3.63) is 29.8 Å². The third-order valence-electron chi connectivity index (χ3n) is 2.27. The molecule has 92 valence electrons. The Balaban J connectivity index is 2.85. The van der Waals surface area contributed by atoms with Crippen LogP contribution in [0.25, 0.3) is 0 Å². The number of nitrogens with zero attached hydrogens (tertiary/aromatic N) is 1. The minimum absolute atomic E-state index is 0.260. The molecule has 0 fully saturated rings. The number of hydrogen-bond acceptors (Lipinski definition) is 4. The molecule has 0 amide bonds. The van der Waals surface area contributed by atoms with Crippen LogP contribution in [-0.4, -0.2) is 26.0 Å². The number of hydrogen-bond donors (Lipinski definition) is 0. The van der Waals surface area contributed by atoms with Crippen molar-refractivity contribution >= 4 is 17.6 Å². The topological polar surface area (TPSA) is 46.6 Å². The zero-order valence-electron chi connectivity index (χ0n) is 10.4. The number of carbonyl (C=O) groups excluding carboxylic acids is 2. The average molecular weight is 235 g/mol. The molecular weight excluding hydrogens is 218 g/mol. The highest BCUT2D eigenvalue weighted by atomic mass is 16.6. The summed E-state index contributed by atoms with van der Waals surface area (Å²) in [7, 11) is 3.67. The van der Waals surface area contributed by atoms with Gasteiger partial charge in [0.1, 0.15) is 0 Å². The Labute approximate surface area is 101 Å². The van der Waals surface area contributed by atoms with Crippen LogP contribution in [0.15, 0.2) is 24.3 Å². The molecular formula is C13H17NO3. The zero-order valence-corrected chi connectivity index (χ0v) is 10.4. The molecule has 4 heteroatoms. The van der Waals surface area contributed by atoms with Crippen LogP contribution < -0.4 is 4.90 Å². The number of ether oxygens (including phenoxy) is 1. The van der Waals surface area contributed by atoms with Crippen LogP contribution in [0.3, 0.4) is 0 Å². The lowest BCUT2D eigenvalue weighted by atomic mass is 10.1. The molecule has 4 nitrogen and oxygen atoms in total. The van der Waals surface area contributed by atoms with Gasteiger partial charge in [-0.25, -0.2) is 4.79 Å². The fraction of sp³-hybridized carbons (Fsp3) is 0.385. The quantitative estimate of drug-likeness (QED) is 0.593. The summed E-state index contributed by atoms with van der Waals surface area (Å²) in [6.07, 6.45) is 0.928. The van der Waals surface area contributed by atoms with Crippen LogP contribution in [0.4, 0.5) is 5.69 Å². The van der Waals surface area contributed by atoms with Crippen molar-refractivity contribution in [3.63, 3.8) is 0 Å². The van der Waals surface area contributed by atoms with E-state index >= 15 is 0 Å². The van der Waals surface area contributed by atoms with Gasteiger partial charge in [-0.2, -0.15) is 0 Å².